The summed E-state index contributed by atoms with van der Waals surface area (Å²) in [6.07, 6.45) is 1.38. The van der Waals surface area contributed by atoms with Crippen molar-refractivity contribution >= 4 is 21.5 Å². The number of aromatic nitrogens is 2. The highest BCUT2D eigenvalue weighted by Gasteiger charge is 2.32. The second kappa shape index (κ2) is 8.21. The molecule has 1 aromatic heterocycles. The van der Waals surface area contributed by atoms with Crippen LogP contribution >= 0.6 is 0 Å². The average molecular weight is 393 g/mol. The van der Waals surface area contributed by atoms with Gasteiger partial charge in [-0.1, -0.05) is 12.1 Å². The van der Waals surface area contributed by atoms with E-state index < -0.39 is 9.84 Å². The van der Waals surface area contributed by atoms with Crippen molar-refractivity contribution < 1.29 is 12.8 Å². The summed E-state index contributed by atoms with van der Waals surface area (Å²) < 4.78 is 36.6. The molecule has 1 saturated heterocycles. The molecule has 0 aliphatic carbocycles. The zero-order chi connectivity index (χ0) is 19.4. The maximum absolute atomic E-state index is 13.0. The first kappa shape index (κ1) is 19.5. The Morgan fingerprint density at radius 3 is 2.63 bits per heavy atom. The molecule has 6 nitrogen and oxygen atoms in total. The molecule has 1 unspecified atom stereocenters. The van der Waals surface area contributed by atoms with Crippen LogP contribution in [0.1, 0.15) is 24.7 Å². The molecule has 3 rings (SSSR count). The highest BCUT2D eigenvalue weighted by atomic mass is 32.2. The van der Waals surface area contributed by atoms with Crippen LogP contribution in [-0.2, 0) is 16.3 Å². The highest BCUT2D eigenvalue weighted by Crippen LogP contribution is 2.24. The van der Waals surface area contributed by atoms with Crippen LogP contribution in [0.25, 0.3) is 0 Å². The molecule has 8 heteroatoms. The lowest BCUT2D eigenvalue weighted by Gasteiger charge is -2.28. The average Bonchev–Trinajstić information content (AvgIpc) is 2.96. The third-order valence-electron chi connectivity index (χ3n) is 4.74. The minimum absolute atomic E-state index is 0.0404. The van der Waals surface area contributed by atoms with E-state index in [0.29, 0.717) is 31.2 Å². The zero-order valence-electron chi connectivity index (χ0n) is 15.7. The Balaban J connectivity index is 1.68. The van der Waals surface area contributed by atoms with Crippen LogP contribution in [0, 0.1) is 12.7 Å². The smallest absolute Gasteiger partial charge is 0.152 e. The Kier molecular flexibility index (Phi) is 5.94. The molecule has 0 spiro atoms. The van der Waals surface area contributed by atoms with E-state index in [4.69, 9.17) is 0 Å². The molecule has 1 N–H and O–H groups in total. The quantitative estimate of drug-likeness (QED) is 0.781. The van der Waals surface area contributed by atoms with Crippen LogP contribution in [0.3, 0.4) is 0 Å². The summed E-state index contributed by atoms with van der Waals surface area (Å²) in [5, 5.41) is 3.29. The number of rotatable bonds is 7. The lowest BCUT2D eigenvalue weighted by Crippen LogP contribution is -2.37. The fourth-order valence-electron chi connectivity index (χ4n) is 3.40. The fourth-order valence-corrected chi connectivity index (χ4v) is 5.13. The predicted molar refractivity (Wildman–Crippen MR) is 105 cm³/mol. The molecule has 27 heavy (non-hydrogen) atoms. The number of anilines is 2. The summed E-state index contributed by atoms with van der Waals surface area (Å²) in [5.74, 6) is 2.26. The maximum atomic E-state index is 13.0. The third kappa shape index (κ3) is 5.15. The Labute approximate surface area is 159 Å². The fraction of sp³-hybridized carbons (Fsp3) is 0.474. The molecule has 1 aromatic carbocycles. The predicted octanol–water partition coefficient (Wildman–Crippen LogP) is 2.59. The van der Waals surface area contributed by atoms with Crippen molar-refractivity contribution in [2.45, 2.75) is 32.7 Å². The number of benzene rings is 1. The minimum Gasteiger partial charge on any atom is -0.370 e. The zero-order valence-corrected chi connectivity index (χ0v) is 16.5. The Bertz CT molecular complexity index is 887. The highest BCUT2D eigenvalue weighted by molar-refractivity contribution is 7.91. The lowest BCUT2D eigenvalue weighted by molar-refractivity contribution is 0.599. The topological polar surface area (TPSA) is 75.2 Å². The summed E-state index contributed by atoms with van der Waals surface area (Å²) in [7, 11) is -2.95. The molecule has 1 fully saturated rings. The van der Waals surface area contributed by atoms with E-state index in [1.54, 1.807) is 12.1 Å². The largest absolute Gasteiger partial charge is 0.370 e. The second-order valence-electron chi connectivity index (χ2n) is 6.80. The van der Waals surface area contributed by atoms with Gasteiger partial charge in [0.15, 0.2) is 9.84 Å². The molecule has 0 amide bonds. The van der Waals surface area contributed by atoms with Gasteiger partial charge in [0.2, 0.25) is 0 Å². The number of nitrogens with zero attached hydrogens (tertiary/aromatic N) is 3. The van der Waals surface area contributed by atoms with Crippen molar-refractivity contribution in [2.75, 3.05) is 34.8 Å². The normalized spacial score (nSPS) is 18.4. The molecule has 2 aromatic rings. The monoisotopic (exact) mass is 392 g/mol. The van der Waals surface area contributed by atoms with E-state index in [1.165, 1.54) is 12.1 Å². The standard InChI is InChI=1S/C19H25FN4O2S/c1-3-24(17-9-11-27(25,26)13-17)19-12-18(22-14(2)23-19)21-10-8-15-4-6-16(20)7-5-15/h4-7,12,17H,3,8-11,13H2,1-2H3,(H,21,22,23). The number of halogens is 1. The van der Waals surface area contributed by atoms with E-state index in [1.807, 2.05) is 24.8 Å². The summed E-state index contributed by atoms with van der Waals surface area (Å²) >= 11 is 0. The molecule has 2 heterocycles. The summed E-state index contributed by atoms with van der Waals surface area (Å²) in [5.41, 5.74) is 1.04. The summed E-state index contributed by atoms with van der Waals surface area (Å²) in [4.78, 5) is 11.0. The van der Waals surface area contributed by atoms with Gasteiger partial charge in [-0.25, -0.2) is 22.8 Å². The number of hydrogen-bond acceptors (Lipinski definition) is 6. The van der Waals surface area contributed by atoms with Crippen molar-refractivity contribution in [3.63, 3.8) is 0 Å². The van der Waals surface area contributed by atoms with Crippen LogP contribution in [0.2, 0.25) is 0 Å². The Morgan fingerprint density at radius 2 is 2.00 bits per heavy atom. The molecular weight excluding hydrogens is 367 g/mol. The number of nitrogens with one attached hydrogen (secondary N) is 1. The Morgan fingerprint density at radius 1 is 1.26 bits per heavy atom. The van der Waals surface area contributed by atoms with Crippen LogP contribution in [0.5, 0.6) is 0 Å². The first-order valence-corrected chi connectivity index (χ1v) is 11.0. The van der Waals surface area contributed by atoms with Crippen LogP contribution in [-0.4, -0.2) is 49.0 Å². The summed E-state index contributed by atoms with van der Waals surface area (Å²) in [6.45, 7) is 5.18. The van der Waals surface area contributed by atoms with Crippen LogP contribution in [0.15, 0.2) is 30.3 Å². The van der Waals surface area contributed by atoms with Crippen molar-refractivity contribution in [2.24, 2.45) is 0 Å². The summed E-state index contributed by atoms with van der Waals surface area (Å²) in [6, 6.07) is 8.28. The van der Waals surface area contributed by atoms with Crippen LogP contribution in [0.4, 0.5) is 16.0 Å². The molecule has 1 aliphatic rings. The van der Waals surface area contributed by atoms with E-state index >= 15 is 0 Å². The van der Waals surface area contributed by atoms with Gasteiger partial charge in [0, 0.05) is 25.2 Å². The van der Waals surface area contributed by atoms with Gasteiger partial charge in [0.05, 0.1) is 11.5 Å². The van der Waals surface area contributed by atoms with E-state index in [0.717, 1.165) is 17.8 Å². The molecule has 1 atom stereocenters. The minimum atomic E-state index is -2.95. The first-order valence-electron chi connectivity index (χ1n) is 9.17. The van der Waals surface area contributed by atoms with Gasteiger partial charge in [-0.05, 0) is 44.4 Å². The maximum Gasteiger partial charge on any atom is 0.152 e. The van der Waals surface area contributed by atoms with E-state index in [-0.39, 0.29) is 23.4 Å². The first-order chi connectivity index (χ1) is 12.9. The van der Waals surface area contributed by atoms with Gasteiger partial charge >= 0.3 is 0 Å². The van der Waals surface area contributed by atoms with Gasteiger partial charge < -0.3 is 10.2 Å². The number of hydrogen-bond donors (Lipinski definition) is 1. The van der Waals surface area contributed by atoms with Gasteiger partial charge in [-0.3, -0.25) is 0 Å². The van der Waals surface area contributed by atoms with Gasteiger partial charge in [0.1, 0.15) is 23.3 Å². The SMILES string of the molecule is CCN(c1cc(NCCc2ccc(F)cc2)nc(C)n1)C1CCS(=O)(=O)C1. The second-order valence-corrected chi connectivity index (χ2v) is 9.03. The van der Waals surface area contributed by atoms with E-state index in [2.05, 4.69) is 15.3 Å². The van der Waals surface area contributed by atoms with Gasteiger partial charge in [-0.2, -0.15) is 0 Å². The number of aryl methyl sites for hydroxylation is 1. The molecule has 0 radical (unpaired) electrons. The molecule has 146 valence electrons. The molecule has 0 bridgehead atoms. The van der Waals surface area contributed by atoms with Crippen molar-refractivity contribution in [3.05, 3.63) is 47.5 Å². The third-order valence-corrected chi connectivity index (χ3v) is 6.49. The molecule has 0 saturated carbocycles. The van der Waals surface area contributed by atoms with Crippen LogP contribution < -0.4 is 10.2 Å². The number of sulfone groups is 1. The van der Waals surface area contributed by atoms with Gasteiger partial charge in [-0.15, -0.1) is 0 Å². The Hall–Kier alpha value is -2.22. The van der Waals surface area contributed by atoms with Crippen molar-refractivity contribution in [3.8, 4) is 0 Å². The van der Waals surface area contributed by atoms with Crippen molar-refractivity contribution in [1.82, 2.24) is 9.97 Å². The lowest BCUT2D eigenvalue weighted by atomic mass is 10.1. The molecule has 1 aliphatic heterocycles. The van der Waals surface area contributed by atoms with Gasteiger partial charge in [0.25, 0.3) is 0 Å². The van der Waals surface area contributed by atoms with Crippen molar-refractivity contribution in [1.29, 1.82) is 0 Å². The van der Waals surface area contributed by atoms with E-state index in [9.17, 15) is 12.8 Å². The molecular formula is C19H25FN4O2S.